The Kier molecular flexibility index (Phi) is 3.21. The normalized spacial score (nSPS) is 24.1. The maximum Gasteiger partial charge on any atom is 0.349 e. The van der Waals surface area contributed by atoms with Crippen LogP contribution in [-0.4, -0.2) is 50.7 Å². The van der Waals surface area contributed by atoms with Gasteiger partial charge in [0.15, 0.2) is 5.65 Å². The van der Waals surface area contributed by atoms with Gasteiger partial charge in [0.25, 0.3) is 0 Å². The molecule has 7 heteroatoms. The van der Waals surface area contributed by atoms with Crippen molar-refractivity contribution >= 4 is 11.5 Å². The number of hydrogen-bond acceptors (Lipinski definition) is 5. The van der Waals surface area contributed by atoms with Crippen LogP contribution >= 0.6 is 0 Å². The number of likely N-dealkylation sites (tertiary alicyclic amines) is 1. The zero-order valence-electron chi connectivity index (χ0n) is 12.1. The molecule has 0 amide bonds. The van der Waals surface area contributed by atoms with Crippen LogP contribution in [0.3, 0.4) is 0 Å². The Bertz CT molecular complexity index is 675. The van der Waals surface area contributed by atoms with Crippen molar-refractivity contribution in [1.82, 2.24) is 24.5 Å². The Morgan fingerprint density at radius 1 is 1.50 bits per heavy atom. The maximum absolute atomic E-state index is 11.6. The fourth-order valence-electron chi connectivity index (χ4n) is 2.93. The molecule has 0 aliphatic carbocycles. The van der Waals surface area contributed by atoms with Gasteiger partial charge in [0.05, 0.1) is 0 Å². The largest absolute Gasteiger partial charge is 0.367 e. The number of H-pyrrole nitrogens is 1. The Morgan fingerprint density at radius 3 is 3.05 bits per heavy atom. The third kappa shape index (κ3) is 2.29. The van der Waals surface area contributed by atoms with Crippen LogP contribution in [0.1, 0.15) is 19.2 Å². The molecule has 20 heavy (non-hydrogen) atoms. The minimum absolute atomic E-state index is 0.246. The van der Waals surface area contributed by atoms with E-state index in [0.29, 0.717) is 23.4 Å². The molecular weight excluding hydrogens is 256 g/mol. The number of aryl methyl sites for hydroxylation is 1. The highest BCUT2D eigenvalue weighted by Crippen LogP contribution is 2.20. The van der Waals surface area contributed by atoms with Crippen LogP contribution in [0.15, 0.2) is 10.9 Å². The van der Waals surface area contributed by atoms with Gasteiger partial charge in [0.2, 0.25) is 0 Å². The number of anilines is 1. The van der Waals surface area contributed by atoms with Crippen molar-refractivity contribution < 1.29 is 0 Å². The summed E-state index contributed by atoms with van der Waals surface area (Å²) in [6.07, 6.45) is 1.09. The van der Waals surface area contributed by atoms with Crippen molar-refractivity contribution in [1.29, 1.82) is 0 Å². The summed E-state index contributed by atoms with van der Waals surface area (Å²) >= 11 is 0. The van der Waals surface area contributed by atoms with Gasteiger partial charge in [-0.25, -0.2) is 19.3 Å². The van der Waals surface area contributed by atoms with Crippen molar-refractivity contribution in [3.8, 4) is 0 Å². The molecule has 1 fully saturated rings. The van der Waals surface area contributed by atoms with Crippen molar-refractivity contribution in [3.63, 3.8) is 0 Å². The number of hydrogen-bond donors (Lipinski definition) is 2. The molecule has 2 atom stereocenters. The molecule has 0 bridgehead atoms. The van der Waals surface area contributed by atoms with E-state index in [1.807, 2.05) is 13.0 Å². The lowest BCUT2D eigenvalue weighted by molar-refractivity contribution is 0.206. The van der Waals surface area contributed by atoms with E-state index in [-0.39, 0.29) is 5.69 Å². The first kappa shape index (κ1) is 13.1. The molecule has 1 saturated heterocycles. The summed E-state index contributed by atoms with van der Waals surface area (Å²) in [4.78, 5) is 18.4. The average molecular weight is 276 g/mol. The summed E-state index contributed by atoms with van der Waals surface area (Å²) in [7, 11) is 2.15. The quantitative estimate of drug-likeness (QED) is 0.834. The topological polar surface area (TPSA) is 78.3 Å². The van der Waals surface area contributed by atoms with Crippen molar-refractivity contribution in [2.24, 2.45) is 5.92 Å². The molecule has 7 nitrogen and oxygen atoms in total. The number of nitrogens with one attached hydrogen (secondary N) is 2. The van der Waals surface area contributed by atoms with Crippen LogP contribution in [-0.2, 0) is 0 Å². The van der Waals surface area contributed by atoms with E-state index in [4.69, 9.17) is 0 Å². The highest BCUT2D eigenvalue weighted by molar-refractivity contribution is 5.50. The molecule has 2 aromatic rings. The Morgan fingerprint density at radius 2 is 2.30 bits per heavy atom. The minimum Gasteiger partial charge on any atom is -0.367 e. The van der Waals surface area contributed by atoms with Crippen LogP contribution in [0.2, 0.25) is 0 Å². The second kappa shape index (κ2) is 4.90. The number of aromatic nitrogens is 4. The number of nitrogens with zero attached hydrogens (tertiary/aromatic N) is 4. The molecule has 0 aromatic carbocycles. The molecule has 1 aliphatic heterocycles. The molecule has 3 heterocycles. The molecule has 0 spiro atoms. The third-order valence-electron chi connectivity index (χ3n) is 4.01. The lowest BCUT2D eigenvalue weighted by Gasteiger charge is -2.35. The first-order valence-electron chi connectivity index (χ1n) is 6.94. The van der Waals surface area contributed by atoms with Gasteiger partial charge in [0, 0.05) is 18.7 Å². The zero-order valence-corrected chi connectivity index (χ0v) is 12.1. The Balaban J connectivity index is 1.86. The van der Waals surface area contributed by atoms with Gasteiger partial charge in [-0.15, -0.1) is 0 Å². The minimum atomic E-state index is -0.246. The third-order valence-corrected chi connectivity index (χ3v) is 4.01. The van der Waals surface area contributed by atoms with Crippen LogP contribution in [0.4, 0.5) is 5.82 Å². The van der Waals surface area contributed by atoms with E-state index >= 15 is 0 Å². The monoisotopic (exact) mass is 276 g/mol. The molecule has 0 radical (unpaired) electrons. The number of aromatic amines is 1. The smallest absolute Gasteiger partial charge is 0.349 e. The lowest BCUT2D eigenvalue weighted by Crippen LogP contribution is -2.43. The van der Waals surface area contributed by atoms with Gasteiger partial charge in [-0.3, -0.25) is 0 Å². The summed E-state index contributed by atoms with van der Waals surface area (Å²) in [6.45, 7) is 6.23. The van der Waals surface area contributed by atoms with Gasteiger partial charge >= 0.3 is 5.69 Å². The number of fused-ring (bicyclic) bond motifs is 1. The number of rotatable bonds is 2. The zero-order chi connectivity index (χ0) is 14.3. The van der Waals surface area contributed by atoms with Crippen LogP contribution < -0.4 is 11.0 Å². The van der Waals surface area contributed by atoms with Crippen LogP contribution in [0.5, 0.6) is 0 Å². The van der Waals surface area contributed by atoms with Gasteiger partial charge in [-0.1, -0.05) is 6.92 Å². The van der Waals surface area contributed by atoms with E-state index in [2.05, 4.69) is 39.4 Å². The Hall–Kier alpha value is -1.89. The predicted octanol–water partition coefficient (Wildman–Crippen LogP) is 0.478. The van der Waals surface area contributed by atoms with E-state index in [1.165, 1.54) is 4.40 Å². The summed E-state index contributed by atoms with van der Waals surface area (Å²) in [5, 5.41) is 9.93. The molecule has 2 N–H and O–H groups in total. The Labute approximate surface area is 117 Å². The summed E-state index contributed by atoms with van der Waals surface area (Å²) in [5.41, 5.74) is 0.356. The van der Waals surface area contributed by atoms with Crippen molar-refractivity contribution in [2.45, 2.75) is 26.3 Å². The van der Waals surface area contributed by atoms with E-state index in [1.54, 1.807) is 0 Å². The van der Waals surface area contributed by atoms with Gasteiger partial charge in [-0.05, 0) is 32.9 Å². The van der Waals surface area contributed by atoms with Gasteiger partial charge in [0.1, 0.15) is 11.6 Å². The first-order chi connectivity index (χ1) is 9.54. The number of piperidine rings is 1. The summed E-state index contributed by atoms with van der Waals surface area (Å²) < 4.78 is 1.48. The predicted molar refractivity (Wildman–Crippen MR) is 77.0 cm³/mol. The molecule has 3 rings (SSSR count). The highest BCUT2D eigenvalue weighted by atomic mass is 16.1. The molecular formula is C13H20N6O. The van der Waals surface area contributed by atoms with E-state index in [0.717, 1.165) is 25.3 Å². The second-order valence-corrected chi connectivity index (χ2v) is 5.69. The first-order valence-corrected chi connectivity index (χ1v) is 6.94. The molecule has 0 saturated carbocycles. The standard InChI is InChI=1S/C13H20N6O/c1-8-7-18(3)5-4-10(8)15-11-6-12-16-17-13(20)19(12)9(2)14-11/h6,8,10,15H,4-5,7H2,1-3H3,(H,17,20). The SMILES string of the molecule is Cc1nc(NC2CCN(C)CC2C)cc2n[nH]c(=O)n12. The van der Waals surface area contributed by atoms with Gasteiger partial charge < -0.3 is 10.2 Å². The highest BCUT2D eigenvalue weighted by Gasteiger charge is 2.24. The van der Waals surface area contributed by atoms with Crippen molar-refractivity contribution in [3.05, 3.63) is 22.4 Å². The summed E-state index contributed by atoms with van der Waals surface area (Å²) in [5.74, 6) is 1.99. The average Bonchev–Trinajstić information content (AvgIpc) is 2.75. The van der Waals surface area contributed by atoms with E-state index in [9.17, 15) is 4.79 Å². The molecule has 2 unspecified atom stereocenters. The molecule has 1 aliphatic rings. The van der Waals surface area contributed by atoms with Crippen molar-refractivity contribution in [2.75, 3.05) is 25.5 Å². The maximum atomic E-state index is 11.6. The fourth-order valence-corrected chi connectivity index (χ4v) is 2.93. The lowest BCUT2D eigenvalue weighted by atomic mass is 9.94. The molecule has 2 aromatic heterocycles. The van der Waals surface area contributed by atoms with Gasteiger partial charge in [-0.2, -0.15) is 5.10 Å². The molecule has 108 valence electrons. The fraction of sp³-hybridized carbons (Fsp3) is 0.615. The van der Waals surface area contributed by atoms with E-state index < -0.39 is 0 Å². The second-order valence-electron chi connectivity index (χ2n) is 5.69. The van der Waals surface area contributed by atoms with Crippen LogP contribution in [0.25, 0.3) is 5.65 Å². The summed E-state index contributed by atoms with van der Waals surface area (Å²) in [6, 6.07) is 2.22. The van der Waals surface area contributed by atoms with Crippen LogP contribution in [0, 0.1) is 12.8 Å².